The van der Waals surface area contributed by atoms with E-state index in [-0.39, 0.29) is 5.91 Å². The lowest BCUT2D eigenvalue weighted by atomic mass is 10.2. The van der Waals surface area contributed by atoms with Gasteiger partial charge in [-0.1, -0.05) is 24.6 Å². The van der Waals surface area contributed by atoms with Crippen molar-refractivity contribution < 1.29 is 9.21 Å². The predicted molar refractivity (Wildman–Crippen MR) is 97.7 cm³/mol. The summed E-state index contributed by atoms with van der Waals surface area (Å²) in [6.45, 7) is 0.670. The Balaban J connectivity index is 1.42. The lowest BCUT2D eigenvalue weighted by Crippen LogP contribution is -2.25. The number of amides is 1. The van der Waals surface area contributed by atoms with Crippen LogP contribution in [-0.4, -0.2) is 33.5 Å². The van der Waals surface area contributed by atoms with Gasteiger partial charge in [-0.15, -0.1) is 10.2 Å². The SMILES string of the molecule is CSc1nnc(CCCNC(=O)CCc2ccco2)n1C1CCCC1. The van der Waals surface area contributed by atoms with Gasteiger partial charge in [0.2, 0.25) is 5.91 Å². The molecule has 2 aromatic rings. The van der Waals surface area contributed by atoms with E-state index < -0.39 is 0 Å². The number of thioether (sulfide) groups is 1. The van der Waals surface area contributed by atoms with E-state index in [2.05, 4.69) is 26.3 Å². The molecule has 0 bridgehead atoms. The molecular weight excluding hydrogens is 336 g/mol. The van der Waals surface area contributed by atoms with Crippen molar-refractivity contribution in [1.82, 2.24) is 20.1 Å². The zero-order chi connectivity index (χ0) is 17.5. The molecule has 0 atom stereocenters. The monoisotopic (exact) mass is 362 g/mol. The van der Waals surface area contributed by atoms with Gasteiger partial charge in [0.05, 0.1) is 6.26 Å². The molecule has 3 rings (SSSR count). The maximum absolute atomic E-state index is 11.9. The number of nitrogens with zero attached hydrogens (tertiary/aromatic N) is 3. The molecule has 1 aliphatic carbocycles. The first kappa shape index (κ1) is 18.0. The Labute approximate surface area is 152 Å². The average molecular weight is 362 g/mol. The van der Waals surface area contributed by atoms with Crippen LogP contribution in [0.2, 0.25) is 0 Å². The van der Waals surface area contributed by atoms with Crippen LogP contribution >= 0.6 is 11.8 Å². The highest BCUT2D eigenvalue weighted by Crippen LogP contribution is 2.33. The fourth-order valence-electron chi connectivity index (χ4n) is 3.40. The highest BCUT2D eigenvalue weighted by atomic mass is 32.2. The zero-order valence-corrected chi connectivity index (χ0v) is 15.6. The van der Waals surface area contributed by atoms with Gasteiger partial charge in [-0.05, 0) is 37.7 Å². The van der Waals surface area contributed by atoms with Gasteiger partial charge >= 0.3 is 0 Å². The van der Waals surface area contributed by atoms with Crippen LogP contribution in [0.5, 0.6) is 0 Å². The molecule has 1 fully saturated rings. The summed E-state index contributed by atoms with van der Waals surface area (Å²) in [5.74, 6) is 1.98. The van der Waals surface area contributed by atoms with Crippen LogP contribution < -0.4 is 5.32 Å². The highest BCUT2D eigenvalue weighted by molar-refractivity contribution is 7.98. The number of hydrogen-bond acceptors (Lipinski definition) is 5. The number of rotatable bonds is 9. The van der Waals surface area contributed by atoms with Gasteiger partial charge in [-0.3, -0.25) is 4.79 Å². The lowest BCUT2D eigenvalue weighted by molar-refractivity contribution is -0.121. The van der Waals surface area contributed by atoms with Crippen molar-refractivity contribution in [3.63, 3.8) is 0 Å². The predicted octanol–water partition coefficient (Wildman–Crippen LogP) is 3.39. The number of hydrogen-bond donors (Lipinski definition) is 1. The van der Waals surface area contributed by atoms with Crippen molar-refractivity contribution in [2.45, 2.75) is 62.6 Å². The minimum atomic E-state index is 0.0680. The second-order valence-corrected chi connectivity index (χ2v) is 7.22. The summed E-state index contributed by atoms with van der Waals surface area (Å²) < 4.78 is 7.57. The third kappa shape index (κ3) is 4.87. The van der Waals surface area contributed by atoms with E-state index in [0.717, 1.165) is 29.6 Å². The zero-order valence-electron chi connectivity index (χ0n) is 14.7. The van der Waals surface area contributed by atoms with E-state index in [0.29, 0.717) is 25.4 Å². The maximum atomic E-state index is 11.9. The summed E-state index contributed by atoms with van der Waals surface area (Å²) in [7, 11) is 0. The molecule has 1 N–H and O–H groups in total. The molecule has 0 aromatic carbocycles. The van der Waals surface area contributed by atoms with Gasteiger partial charge < -0.3 is 14.3 Å². The summed E-state index contributed by atoms with van der Waals surface area (Å²) in [6.07, 6.45) is 11.6. The second-order valence-electron chi connectivity index (χ2n) is 6.44. The standard InChI is InChI=1S/C18H26N4O2S/c1-25-18-21-20-16(22(18)14-6-2-3-7-14)9-4-12-19-17(23)11-10-15-8-5-13-24-15/h5,8,13-14H,2-4,6-7,9-12H2,1H3,(H,19,23). The fourth-order valence-corrected chi connectivity index (χ4v) is 3.97. The largest absolute Gasteiger partial charge is 0.469 e. The molecule has 6 nitrogen and oxygen atoms in total. The van der Waals surface area contributed by atoms with E-state index in [1.807, 2.05) is 12.1 Å². The number of nitrogens with one attached hydrogen (secondary N) is 1. The van der Waals surface area contributed by atoms with Crippen LogP contribution in [0.25, 0.3) is 0 Å². The topological polar surface area (TPSA) is 73.0 Å². The van der Waals surface area contributed by atoms with Crippen LogP contribution in [0.15, 0.2) is 28.0 Å². The van der Waals surface area contributed by atoms with Crippen molar-refractivity contribution in [3.8, 4) is 0 Å². The van der Waals surface area contributed by atoms with Crippen molar-refractivity contribution in [2.75, 3.05) is 12.8 Å². The summed E-state index contributed by atoms with van der Waals surface area (Å²) in [4.78, 5) is 11.9. The van der Waals surface area contributed by atoms with Crippen LogP contribution in [0, 0.1) is 0 Å². The molecule has 0 saturated heterocycles. The van der Waals surface area contributed by atoms with Crippen molar-refractivity contribution in [2.24, 2.45) is 0 Å². The Kier molecular flexibility index (Phi) is 6.55. The minimum absolute atomic E-state index is 0.0680. The molecule has 0 radical (unpaired) electrons. The number of furan rings is 1. The van der Waals surface area contributed by atoms with E-state index >= 15 is 0 Å². The van der Waals surface area contributed by atoms with Gasteiger partial charge in [0.25, 0.3) is 0 Å². The molecule has 2 aromatic heterocycles. The quantitative estimate of drug-likeness (QED) is 0.547. The van der Waals surface area contributed by atoms with E-state index in [1.54, 1.807) is 18.0 Å². The molecule has 0 aliphatic heterocycles. The molecule has 1 amide bonds. The fraction of sp³-hybridized carbons (Fsp3) is 0.611. The number of carbonyl (C=O) groups excluding carboxylic acids is 1. The van der Waals surface area contributed by atoms with Gasteiger partial charge in [0, 0.05) is 31.8 Å². The molecule has 136 valence electrons. The molecule has 7 heteroatoms. The van der Waals surface area contributed by atoms with Crippen LogP contribution in [-0.2, 0) is 17.6 Å². The molecule has 25 heavy (non-hydrogen) atoms. The molecule has 0 spiro atoms. The first-order valence-corrected chi connectivity index (χ1v) is 10.3. The van der Waals surface area contributed by atoms with Crippen molar-refractivity contribution in [3.05, 3.63) is 30.0 Å². The van der Waals surface area contributed by atoms with Gasteiger partial charge in [-0.2, -0.15) is 0 Å². The van der Waals surface area contributed by atoms with Gasteiger partial charge in [0.15, 0.2) is 5.16 Å². The smallest absolute Gasteiger partial charge is 0.220 e. The lowest BCUT2D eigenvalue weighted by Gasteiger charge is -2.16. The molecule has 1 saturated carbocycles. The first-order chi connectivity index (χ1) is 12.3. The van der Waals surface area contributed by atoms with Crippen LogP contribution in [0.3, 0.4) is 0 Å². The van der Waals surface area contributed by atoms with Crippen LogP contribution in [0.1, 0.15) is 56.2 Å². The minimum Gasteiger partial charge on any atom is -0.469 e. The maximum Gasteiger partial charge on any atom is 0.220 e. The third-order valence-corrected chi connectivity index (χ3v) is 5.33. The Morgan fingerprint density at radius 1 is 1.36 bits per heavy atom. The summed E-state index contributed by atoms with van der Waals surface area (Å²) in [6, 6.07) is 4.29. The van der Waals surface area contributed by atoms with Gasteiger partial charge in [-0.25, -0.2) is 0 Å². The summed E-state index contributed by atoms with van der Waals surface area (Å²) in [5, 5.41) is 12.7. The molecule has 0 unspecified atom stereocenters. The number of aryl methyl sites for hydroxylation is 2. The molecular formula is C18H26N4O2S. The van der Waals surface area contributed by atoms with E-state index in [4.69, 9.17) is 4.42 Å². The second kappa shape index (κ2) is 9.08. The Morgan fingerprint density at radius 2 is 2.20 bits per heavy atom. The van der Waals surface area contributed by atoms with Gasteiger partial charge in [0.1, 0.15) is 11.6 Å². The van der Waals surface area contributed by atoms with Crippen molar-refractivity contribution in [1.29, 1.82) is 0 Å². The number of carbonyl (C=O) groups is 1. The highest BCUT2D eigenvalue weighted by Gasteiger charge is 2.23. The Morgan fingerprint density at radius 3 is 2.92 bits per heavy atom. The van der Waals surface area contributed by atoms with Crippen molar-refractivity contribution >= 4 is 17.7 Å². The molecule has 1 aliphatic rings. The first-order valence-electron chi connectivity index (χ1n) is 9.05. The van der Waals surface area contributed by atoms with E-state index in [1.165, 1.54) is 25.7 Å². The average Bonchev–Trinajstić information content (AvgIpc) is 3.38. The van der Waals surface area contributed by atoms with E-state index in [9.17, 15) is 4.79 Å². The summed E-state index contributed by atoms with van der Waals surface area (Å²) >= 11 is 1.66. The van der Waals surface area contributed by atoms with Crippen LogP contribution in [0.4, 0.5) is 0 Å². The number of aromatic nitrogens is 3. The third-order valence-electron chi connectivity index (χ3n) is 4.69. The Bertz CT molecular complexity index is 663. The summed E-state index contributed by atoms with van der Waals surface area (Å²) in [5.41, 5.74) is 0. The molecule has 2 heterocycles. The Hall–Kier alpha value is -1.76. The normalized spacial score (nSPS) is 14.9.